The van der Waals surface area contributed by atoms with E-state index in [-0.39, 0.29) is 11.9 Å². The lowest BCUT2D eigenvalue weighted by atomic mass is 10.1. The number of ether oxygens (including phenoxy) is 3. The van der Waals surface area contributed by atoms with Crippen molar-refractivity contribution in [2.24, 2.45) is 0 Å². The minimum Gasteiger partial charge on any atom is -0.502 e. The van der Waals surface area contributed by atoms with Crippen molar-refractivity contribution in [1.82, 2.24) is 0 Å². The molecule has 0 aromatic heterocycles. The van der Waals surface area contributed by atoms with Gasteiger partial charge in [-0.2, -0.15) is 0 Å². The molecule has 0 aliphatic carbocycles. The molecule has 1 atom stereocenters. The van der Waals surface area contributed by atoms with Crippen molar-refractivity contribution < 1.29 is 19.3 Å². The number of methoxy groups -OCH3 is 2. The number of phenolic OH excluding ortho intramolecular Hbond substituents is 1. The molecule has 4 nitrogen and oxygen atoms in total. The van der Waals surface area contributed by atoms with Crippen LogP contribution in [-0.2, 0) is 4.74 Å². The SMILES string of the molecule is C=CC(OCC)c1cc(OC)c(O)c(OC)c1. The minimum atomic E-state index is -0.247. The van der Waals surface area contributed by atoms with Crippen LogP contribution in [0, 0.1) is 0 Å². The zero-order valence-corrected chi connectivity index (χ0v) is 10.4. The maximum Gasteiger partial charge on any atom is 0.200 e. The van der Waals surface area contributed by atoms with Crippen molar-refractivity contribution in [3.63, 3.8) is 0 Å². The normalized spacial score (nSPS) is 11.9. The monoisotopic (exact) mass is 238 g/mol. The second-order valence-corrected chi connectivity index (χ2v) is 3.39. The van der Waals surface area contributed by atoms with E-state index in [1.165, 1.54) is 14.2 Å². The van der Waals surface area contributed by atoms with Gasteiger partial charge in [-0.1, -0.05) is 6.08 Å². The molecule has 4 heteroatoms. The summed E-state index contributed by atoms with van der Waals surface area (Å²) in [6, 6.07) is 3.42. The lowest BCUT2D eigenvalue weighted by Crippen LogP contribution is -2.02. The van der Waals surface area contributed by atoms with Gasteiger partial charge in [-0.3, -0.25) is 0 Å². The summed E-state index contributed by atoms with van der Waals surface area (Å²) in [5.74, 6) is 0.690. The fraction of sp³-hybridized carbons (Fsp3) is 0.385. The van der Waals surface area contributed by atoms with Crippen LogP contribution in [0.1, 0.15) is 18.6 Å². The fourth-order valence-corrected chi connectivity index (χ4v) is 1.56. The Hall–Kier alpha value is -1.68. The molecule has 17 heavy (non-hydrogen) atoms. The molecular weight excluding hydrogens is 220 g/mol. The van der Waals surface area contributed by atoms with Crippen LogP contribution in [0.2, 0.25) is 0 Å². The molecule has 0 saturated carbocycles. The van der Waals surface area contributed by atoms with Gasteiger partial charge in [-0.15, -0.1) is 6.58 Å². The first-order valence-corrected chi connectivity index (χ1v) is 5.36. The third kappa shape index (κ3) is 2.91. The van der Waals surface area contributed by atoms with Crippen LogP contribution in [-0.4, -0.2) is 25.9 Å². The molecule has 0 amide bonds. The standard InChI is InChI=1S/C13H18O4/c1-5-10(17-6-2)9-7-11(15-3)13(14)12(8-9)16-4/h5,7-8,10,14H,1,6H2,2-4H3. The zero-order valence-electron chi connectivity index (χ0n) is 10.4. The Morgan fingerprint density at radius 2 is 1.82 bits per heavy atom. The molecule has 1 aromatic rings. The van der Waals surface area contributed by atoms with E-state index in [2.05, 4.69) is 6.58 Å². The highest BCUT2D eigenvalue weighted by molar-refractivity contribution is 5.53. The molecule has 0 bridgehead atoms. The smallest absolute Gasteiger partial charge is 0.200 e. The predicted octanol–water partition coefficient (Wildman–Crippen LogP) is 2.67. The van der Waals surface area contributed by atoms with Gasteiger partial charge in [0.1, 0.15) is 6.10 Å². The van der Waals surface area contributed by atoms with Crippen LogP contribution < -0.4 is 9.47 Å². The molecule has 0 radical (unpaired) electrons. The summed E-state index contributed by atoms with van der Waals surface area (Å²) in [4.78, 5) is 0. The average Bonchev–Trinajstić information content (AvgIpc) is 2.36. The lowest BCUT2D eigenvalue weighted by Gasteiger charge is -2.16. The van der Waals surface area contributed by atoms with Crippen molar-refractivity contribution in [2.45, 2.75) is 13.0 Å². The van der Waals surface area contributed by atoms with E-state index in [0.29, 0.717) is 18.1 Å². The largest absolute Gasteiger partial charge is 0.502 e. The van der Waals surface area contributed by atoms with Crippen molar-refractivity contribution in [1.29, 1.82) is 0 Å². The molecule has 0 spiro atoms. The van der Waals surface area contributed by atoms with Crippen LogP contribution >= 0.6 is 0 Å². The topological polar surface area (TPSA) is 47.9 Å². The Bertz CT molecular complexity index is 362. The van der Waals surface area contributed by atoms with E-state index in [1.54, 1.807) is 18.2 Å². The fourth-order valence-electron chi connectivity index (χ4n) is 1.56. The molecule has 1 N–H and O–H groups in total. The van der Waals surface area contributed by atoms with Gasteiger partial charge in [0, 0.05) is 6.61 Å². The molecule has 0 fully saturated rings. The van der Waals surface area contributed by atoms with Crippen molar-refractivity contribution >= 4 is 0 Å². The first-order valence-electron chi connectivity index (χ1n) is 5.36. The summed E-state index contributed by atoms with van der Waals surface area (Å²) < 4.78 is 15.7. The van der Waals surface area contributed by atoms with Crippen LogP contribution in [0.15, 0.2) is 24.8 Å². The number of aromatic hydroxyl groups is 1. The second-order valence-electron chi connectivity index (χ2n) is 3.39. The molecule has 94 valence electrons. The molecule has 0 heterocycles. The van der Waals surface area contributed by atoms with Crippen LogP contribution in [0.5, 0.6) is 17.2 Å². The number of phenols is 1. The average molecular weight is 238 g/mol. The molecule has 0 saturated heterocycles. The molecule has 1 rings (SSSR count). The predicted molar refractivity (Wildman–Crippen MR) is 65.8 cm³/mol. The van der Waals surface area contributed by atoms with E-state index in [1.807, 2.05) is 6.92 Å². The quantitative estimate of drug-likeness (QED) is 0.774. The van der Waals surface area contributed by atoms with Gasteiger partial charge in [0.15, 0.2) is 11.5 Å². The Labute approximate surface area is 101 Å². The summed E-state index contributed by atoms with van der Waals surface area (Å²) >= 11 is 0. The maximum absolute atomic E-state index is 9.78. The van der Waals surface area contributed by atoms with Crippen molar-refractivity contribution in [2.75, 3.05) is 20.8 Å². The Balaban J connectivity index is 3.19. The van der Waals surface area contributed by atoms with Gasteiger partial charge >= 0.3 is 0 Å². The number of hydrogen-bond acceptors (Lipinski definition) is 4. The molecular formula is C13H18O4. The Morgan fingerprint density at radius 3 is 2.18 bits per heavy atom. The number of benzene rings is 1. The third-order valence-corrected chi connectivity index (χ3v) is 2.39. The second kappa shape index (κ2) is 6.15. The van der Waals surface area contributed by atoms with Gasteiger partial charge in [-0.05, 0) is 24.6 Å². The van der Waals surface area contributed by atoms with Crippen LogP contribution in [0.3, 0.4) is 0 Å². The molecule has 1 unspecified atom stereocenters. The highest BCUT2D eigenvalue weighted by atomic mass is 16.5. The highest BCUT2D eigenvalue weighted by Gasteiger charge is 2.15. The Kier molecular flexibility index (Phi) is 4.84. The van der Waals surface area contributed by atoms with Gasteiger partial charge in [0.25, 0.3) is 0 Å². The highest BCUT2D eigenvalue weighted by Crippen LogP contribution is 2.39. The number of rotatable bonds is 6. The Morgan fingerprint density at radius 1 is 1.29 bits per heavy atom. The van der Waals surface area contributed by atoms with E-state index in [9.17, 15) is 5.11 Å². The first-order chi connectivity index (χ1) is 8.17. The van der Waals surface area contributed by atoms with Crippen molar-refractivity contribution in [3.05, 3.63) is 30.4 Å². The van der Waals surface area contributed by atoms with Gasteiger partial charge in [-0.25, -0.2) is 0 Å². The van der Waals surface area contributed by atoms with Gasteiger partial charge < -0.3 is 19.3 Å². The van der Waals surface area contributed by atoms with Crippen LogP contribution in [0.4, 0.5) is 0 Å². The number of hydrogen-bond donors (Lipinski definition) is 1. The lowest BCUT2D eigenvalue weighted by molar-refractivity contribution is 0.0966. The van der Waals surface area contributed by atoms with E-state index in [0.717, 1.165) is 5.56 Å². The molecule has 1 aromatic carbocycles. The summed E-state index contributed by atoms with van der Waals surface area (Å²) in [6.45, 7) is 6.20. The van der Waals surface area contributed by atoms with Gasteiger partial charge in [0.05, 0.1) is 14.2 Å². The summed E-state index contributed by atoms with van der Waals surface area (Å²) in [6.07, 6.45) is 1.44. The van der Waals surface area contributed by atoms with E-state index in [4.69, 9.17) is 14.2 Å². The van der Waals surface area contributed by atoms with Crippen molar-refractivity contribution in [3.8, 4) is 17.2 Å². The third-order valence-electron chi connectivity index (χ3n) is 2.39. The maximum atomic E-state index is 9.78. The summed E-state index contributed by atoms with van der Waals surface area (Å²) in [7, 11) is 2.98. The van der Waals surface area contributed by atoms with E-state index < -0.39 is 0 Å². The summed E-state index contributed by atoms with van der Waals surface area (Å²) in [5, 5.41) is 9.78. The van der Waals surface area contributed by atoms with Gasteiger partial charge in [0.2, 0.25) is 5.75 Å². The molecule has 0 aliphatic heterocycles. The van der Waals surface area contributed by atoms with E-state index >= 15 is 0 Å². The zero-order chi connectivity index (χ0) is 12.8. The van der Waals surface area contributed by atoms with Crippen LogP contribution in [0.25, 0.3) is 0 Å². The first kappa shape index (κ1) is 13.4. The summed E-state index contributed by atoms with van der Waals surface area (Å²) in [5.41, 5.74) is 0.827. The molecule has 0 aliphatic rings. The minimum absolute atomic E-state index is 0.0157.